The Morgan fingerprint density at radius 1 is 0.339 bits per heavy atom. The van der Waals surface area contributed by atoms with Crippen LogP contribution >= 0.6 is 11.3 Å². The minimum Gasteiger partial charge on any atom is -0.455 e. The highest BCUT2D eigenvalue weighted by Gasteiger charge is 2.20. The number of rotatable bonds is 6. The van der Waals surface area contributed by atoms with E-state index in [0.717, 1.165) is 60.9 Å². The maximum atomic E-state index is 6.72. The standard InChI is InChI=1S/C51H31N3OS/c1-3-12-34(13-4-1)49-52-50(35-14-5-2-6-15-35)54-51(53-49)38-17-11-16-37(30-38)47-39(27-28-42-40-18-7-9-20-44(40)55-48(42)47)33-24-22-32(23-25-33)36-26-29-46-43(31-36)41-19-8-10-21-45(41)56-46/h1-31H. The van der Waals surface area contributed by atoms with Crippen LogP contribution in [0.2, 0.25) is 0 Å². The van der Waals surface area contributed by atoms with Gasteiger partial charge in [0.1, 0.15) is 11.2 Å². The van der Waals surface area contributed by atoms with Gasteiger partial charge in [0.25, 0.3) is 0 Å². The van der Waals surface area contributed by atoms with Crippen molar-refractivity contribution in [2.75, 3.05) is 0 Å². The number of thiophene rings is 1. The summed E-state index contributed by atoms with van der Waals surface area (Å²) in [6, 6.07) is 65.7. The summed E-state index contributed by atoms with van der Waals surface area (Å²) in [6.07, 6.45) is 0. The summed E-state index contributed by atoms with van der Waals surface area (Å²) in [5.41, 5.74) is 11.1. The Hall–Kier alpha value is -7.21. The van der Waals surface area contributed by atoms with Gasteiger partial charge >= 0.3 is 0 Å². The van der Waals surface area contributed by atoms with Gasteiger partial charge in [-0.05, 0) is 64.2 Å². The summed E-state index contributed by atoms with van der Waals surface area (Å²) in [6.45, 7) is 0. The molecule has 8 aromatic carbocycles. The zero-order valence-corrected chi connectivity index (χ0v) is 30.9. The molecule has 0 radical (unpaired) electrons. The van der Waals surface area contributed by atoms with E-state index in [-0.39, 0.29) is 0 Å². The third-order valence-corrected chi connectivity index (χ3v) is 11.7. The lowest BCUT2D eigenvalue weighted by atomic mass is 9.90. The predicted molar refractivity (Wildman–Crippen MR) is 233 cm³/mol. The van der Waals surface area contributed by atoms with E-state index in [9.17, 15) is 0 Å². The van der Waals surface area contributed by atoms with Crippen LogP contribution in [0.25, 0.3) is 110 Å². The SMILES string of the molecule is c1ccc(-c2nc(-c3ccccc3)nc(-c3cccc(-c4c(-c5ccc(-c6ccc7sc8ccccc8c7c6)cc5)ccc5c4oc4ccccc45)c3)n2)cc1. The monoisotopic (exact) mass is 733 g/mol. The first-order chi connectivity index (χ1) is 27.7. The molecule has 11 aromatic rings. The summed E-state index contributed by atoms with van der Waals surface area (Å²) in [5, 5.41) is 4.78. The van der Waals surface area contributed by atoms with E-state index in [1.165, 1.54) is 31.3 Å². The molecule has 0 N–H and O–H groups in total. The van der Waals surface area contributed by atoms with Crippen molar-refractivity contribution in [2.24, 2.45) is 0 Å². The summed E-state index contributed by atoms with van der Waals surface area (Å²) in [7, 11) is 0. The lowest BCUT2D eigenvalue weighted by Crippen LogP contribution is -2.00. The summed E-state index contributed by atoms with van der Waals surface area (Å²) in [5.74, 6) is 1.87. The van der Waals surface area contributed by atoms with Crippen molar-refractivity contribution < 1.29 is 4.42 Å². The van der Waals surface area contributed by atoms with E-state index in [1.54, 1.807) is 0 Å². The van der Waals surface area contributed by atoms with Crippen molar-refractivity contribution in [1.82, 2.24) is 15.0 Å². The molecular weight excluding hydrogens is 703 g/mol. The average molecular weight is 734 g/mol. The molecule has 0 aliphatic heterocycles. The van der Waals surface area contributed by atoms with Crippen molar-refractivity contribution in [3.05, 3.63) is 188 Å². The second kappa shape index (κ2) is 13.3. The van der Waals surface area contributed by atoms with Crippen LogP contribution in [0, 0.1) is 0 Å². The Morgan fingerprint density at radius 2 is 0.911 bits per heavy atom. The van der Waals surface area contributed by atoms with Crippen LogP contribution in [-0.4, -0.2) is 15.0 Å². The van der Waals surface area contributed by atoms with Gasteiger partial charge < -0.3 is 4.42 Å². The van der Waals surface area contributed by atoms with Gasteiger partial charge in [0.15, 0.2) is 17.5 Å². The quantitative estimate of drug-likeness (QED) is 0.171. The van der Waals surface area contributed by atoms with Crippen LogP contribution in [0.5, 0.6) is 0 Å². The van der Waals surface area contributed by atoms with Crippen LogP contribution in [0.15, 0.2) is 192 Å². The second-order valence-electron chi connectivity index (χ2n) is 14.0. The van der Waals surface area contributed by atoms with Gasteiger partial charge in [-0.15, -0.1) is 11.3 Å². The minimum absolute atomic E-state index is 0.609. The normalized spacial score (nSPS) is 11.6. The van der Waals surface area contributed by atoms with Crippen molar-refractivity contribution >= 4 is 53.4 Å². The highest BCUT2D eigenvalue weighted by molar-refractivity contribution is 7.25. The third kappa shape index (κ3) is 5.56. The molecule has 3 heterocycles. The van der Waals surface area contributed by atoms with Crippen molar-refractivity contribution in [3.63, 3.8) is 0 Å². The highest BCUT2D eigenvalue weighted by atomic mass is 32.1. The van der Waals surface area contributed by atoms with E-state index < -0.39 is 0 Å². The van der Waals surface area contributed by atoms with Crippen molar-refractivity contribution in [3.8, 4) is 67.5 Å². The molecule has 0 aliphatic carbocycles. The molecule has 11 rings (SSSR count). The Morgan fingerprint density at radius 3 is 1.66 bits per heavy atom. The number of para-hydroxylation sites is 1. The van der Waals surface area contributed by atoms with Crippen LogP contribution < -0.4 is 0 Å². The van der Waals surface area contributed by atoms with Gasteiger partial charge in [0.2, 0.25) is 0 Å². The van der Waals surface area contributed by atoms with Crippen molar-refractivity contribution in [1.29, 1.82) is 0 Å². The van der Waals surface area contributed by atoms with E-state index in [0.29, 0.717) is 17.5 Å². The lowest BCUT2D eigenvalue weighted by Gasteiger charge is -2.14. The van der Waals surface area contributed by atoms with Crippen LogP contribution in [0.1, 0.15) is 0 Å². The van der Waals surface area contributed by atoms with Gasteiger partial charge in [-0.1, -0.05) is 152 Å². The molecule has 4 nitrogen and oxygen atoms in total. The number of hydrogen-bond acceptors (Lipinski definition) is 5. The van der Waals surface area contributed by atoms with E-state index in [4.69, 9.17) is 19.4 Å². The van der Waals surface area contributed by atoms with Crippen LogP contribution in [-0.2, 0) is 0 Å². The number of furan rings is 1. The summed E-state index contributed by atoms with van der Waals surface area (Å²) in [4.78, 5) is 15.0. The summed E-state index contributed by atoms with van der Waals surface area (Å²) >= 11 is 1.85. The Kier molecular flexibility index (Phi) is 7.64. The first-order valence-electron chi connectivity index (χ1n) is 18.7. The zero-order chi connectivity index (χ0) is 37.0. The molecule has 0 aliphatic rings. The molecular formula is C51H31N3OS. The molecule has 56 heavy (non-hydrogen) atoms. The Balaban J connectivity index is 1.06. The zero-order valence-electron chi connectivity index (χ0n) is 30.1. The first kappa shape index (κ1) is 32.2. The number of hydrogen-bond donors (Lipinski definition) is 0. The molecule has 0 amide bonds. The molecule has 0 fully saturated rings. The maximum absolute atomic E-state index is 6.72. The molecule has 0 saturated carbocycles. The maximum Gasteiger partial charge on any atom is 0.164 e. The lowest BCUT2D eigenvalue weighted by molar-refractivity contribution is 0.670. The molecule has 0 spiro atoms. The van der Waals surface area contributed by atoms with Crippen molar-refractivity contribution in [2.45, 2.75) is 0 Å². The van der Waals surface area contributed by atoms with E-state index >= 15 is 0 Å². The van der Waals surface area contributed by atoms with Gasteiger partial charge in [0.05, 0.1) is 0 Å². The third-order valence-electron chi connectivity index (χ3n) is 10.6. The van der Waals surface area contributed by atoms with Crippen LogP contribution in [0.3, 0.4) is 0 Å². The van der Waals surface area contributed by atoms with E-state index in [2.05, 4.69) is 115 Å². The predicted octanol–water partition coefficient (Wildman–Crippen LogP) is 14.1. The topological polar surface area (TPSA) is 51.8 Å². The first-order valence-corrected chi connectivity index (χ1v) is 19.5. The largest absolute Gasteiger partial charge is 0.455 e. The smallest absolute Gasteiger partial charge is 0.164 e. The number of aromatic nitrogens is 3. The Labute approximate surface area is 327 Å². The fourth-order valence-electron chi connectivity index (χ4n) is 7.82. The molecule has 0 atom stereocenters. The minimum atomic E-state index is 0.609. The molecule has 0 unspecified atom stereocenters. The highest BCUT2D eigenvalue weighted by Crippen LogP contribution is 2.44. The fraction of sp³-hybridized carbons (Fsp3) is 0. The summed E-state index contributed by atoms with van der Waals surface area (Å²) < 4.78 is 9.34. The molecule has 0 bridgehead atoms. The Bertz CT molecular complexity index is 3180. The number of fused-ring (bicyclic) bond motifs is 6. The molecule has 0 saturated heterocycles. The average Bonchev–Trinajstić information content (AvgIpc) is 3.85. The fourth-order valence-corrected chi connectivity index (χ4v) is 8.90. The number of nitrogens with zero attached hydrogens (tertiary/aromatic N) is 3. The molecule has 5 heteroatoms. The van der Waals surface area contributed by atoms with Gasteiger partial charge in [-0.2, -0.15) is 0 Å². The van der Waals surface area contributed by atoms with Gasteiger partial charge in [-0.25, -0.2) is 15.0 Å². The van der Waals surface area contributed by atoms with Gasteiger partial charge in [-0.3, -0.25) is 0 Å². The van der Waals surface area contributed by atoms with Crippen LogP contribution in [0.4, 0.5) is 0 Å². The molecule has 262 valence electrons. The van der Waals surface area contributed by atoms with E-state index in [1.807, 2.05) is 84.1 Å². The number of benzene rings is 8. The van der Waals surface area contributed by atoms with Gasteiger partial charge in [0, 0.05) is 53.2 Å². The molecule has 3 aromatic heterocycles. The second-order valence-corrected chi connectivity index (χ2v) is 15.1.